The second-order valence-electron chi connectivity index (χ2n) is 40.2. The molecule has 7 saturated heterocycles. The predicted octanol–water partition coefficient (Wildman–Crippen LogP) is 23.7. The minimum Gasteiger partial charge on any atom is -0.342 e. The van der Waals surface area contributed by atoms with Crippen molar-refractivity contribution in [3.05, 3.63) is 391 Å². The average Bonchev–Trinajstić information content (AvgIpc) is 1.64. The Morgan fingerprint density at radius 3 is 0.986 bits per heavy atom. The Morgan fingerprint density at radius 2 is 0.604 bits per heavy atom. The standard InChI is InChI=1S/2C32H32ClN3O2.C30H28ClN3O2.C27H32FN3O/c33-27-14-12-23(13-15-27)22-36-29-10-5-4-9-26(29)21-30(36)32(38)34-19-16-25(17-20-34)31(37)35-18-6-11-28(35)24-7-2-1-3-8-24;33-28-12-10-23(11-13-28)21-36-29-9-5-4-8-26(29)20-30(36)32(38)34-17-14-25(15-18-34)31(37)35-19-16-27(22-35)24-6-2-1-3-7-24;31-26-11-9-21(10-12-26)18-34-27-8-4-3-5-23(27)17-28(34)30(36)32-15-13-22(14-16-32)29(35)33-19-24-6-1-2-7-25(24)20-33;28-24-10-8-21(9-11-24)20-31-25-7-3-2-6-23(25)18-26(31)27(32)30-16-12-22(13-17-30)19-29-14-4-1-5-15-29/h1-5,7-10,12-15,21,25,28H,6,11,16-20,22H2;1-13,20,25,27H,14-19,21-22H2;1-12,17,22H,13-16,18-20H2;2-3,6-11,18,22H,1,4-5,12-17,19-20H2. The Balaban J connectivity index is 0.000000117. The van der Waals surface area contributed by atoms with Gasteiger partial charge in [0.15, 0.2) is 0 Å². The van der Waals surface area contributed by atoms with Crippen molar-refractivity contribution in [3.8, 4) is 0 Å². The van der Waals surface area contributed by atoms with E-state index in [2.05, 4.69) is 113 Å². The third kappa shape index (κ3) is 22.6. The maximum absolute atomic E-state index is 13.8. The van der Waals surface area contributed by atoms with Gasteiger partial charge in [-0.2, -0.15) is 0 Å². The number of benzene rings is 11. The predicted molar refractivity (Wildman–Crippen MR) is 571 cm³/mol. The van der Waals surface area contributed by atoms with E-state index in [4.69, 9.17) is 34.8 Å². The SMILES string of the molecule is O=C(c1cc2ccccc2n1Cc1ccc(Cl)cc1)N1CCC(C(=O)N2CCC(c3ccccc3)C2)CC1.O=C(c1cc2ccccc2n1Cc1ccc(Cl)cc1)N1CCC(C(=O)N2CCCC2c2ccccc2)CC1.O=C(c1cc2ccccc2n1Cc1ccc(Cl)cc1)N1CCC(C(=O)N2Cc3ccccc3C2)CC1.O=C(c1cc2ccccc2n1Cc1ccc(F)cc1)N1CCC(CN2CCCCC2)CC1. The first-order valence-electron chi connectivity index (χ1n) is 51.6. The van der Waals surface area contributed by atoms with E-state index >= 15 is 0 Å². The van der Waals surface area contributed by atoms with E-state index in [0.717, 1.165) is 136 Å². The second kappa shape index (κ2) is 45.3. The third-order valence-electron chi connectivity index (χ3n) is 31.0. The highest BCUT2D eigenvalue weighted by Crippen LogP contribution is 2.39. The van der Waals surface area contributed by atoms with Gasteiger partial charge in [0.2, 0.25) is 17.7 Å². The number of hydrogen-bond acceptors (Lipinski definition) is 8. The quantitative estimate of drug-likeness (QED) is 0.0772. The molecular formula is C121H124Cl3FN12O7. The van der Waals surface area contributed by atoms with E-state index in [-0.39, 0.29) is 71.0 Å². The highest BCUT2D eigenvalue weighted by Gasteiger charge is 2.41. The zero-order chi connectivity index (χ0) is 98.7. The summed E-state index contributed by atoms with van der Waals surface area (Å²) < 4.78 is 21.8. The molecular weight excluding hydrogens is 1860 g/mol. The van der Waals surface area contributed by atoms with Gasteiger partial charge in [-0.15, -0.1) is 0 Å². The molecule has 738 valence electrons. The van der Waals surface area contributed by atoms with Crippen LogP contribution in [0, 0.1) is 29.5 Å². The van der Waals surface area contributed by atoms with Crippen LogP contribution in [0.15, 0.2) is 303 Å². The van der Waals surface area contributed by atoms with Crippen LogP contribution in [0.25, 0.3) is 43.6 Å². The van der Waals surface area contributed by atoms with Gasteiger partial charge < -0.3 is 57.5 Å². The lowest BCUT2D eigenvalue weighted by atomic mass is 9.94. The topological polar surface area (TPSA) is 165 Å². The molecule has 0 bridgehead atoms. The number of carbonyl (C=O) groups excluding carboxylic acids is 7. The Bertz CT molecular complexity index is 7030. The van der Waals surface area contributed by atoms with Crippen LogP contribution in [0.2, 0.25) is 15.1 Å². The molecule has 7 fully saturated rings. The molecule has 144 heavy (non-hydrogen) atoms. The Labute approximate surface area is 857 Å². The van der Waals surface area contributed by atoms with Gasteiger partial charge in [0.25, 0.3) is 23.6 Å². The third-order valence-corrected chi connectivity index (χ3v) is 31.8. The molecule has 7 amide bonds. The smallest absolute Gasteiger partial charge is 0.270 e. The van der Waals surface area contributed by atoms with Crippen LogP contribution in [0.3, 0.4) is 0 Å². The number of para-hydroxylation sites is 4. The number of aromatic nitrogens is 4. The van der Waals surface area contributed by atoms with Crippen LogP contribution in [-0.4, -0.2) is 190 Å². The van der Waals surface area contributed by atoms with Crippen LogP contribution in [-0.2, 0) is 53.7 Å². The van der Waals surface area contributed by atoms with E-state index in [1.54, 1.807) is 12.1 Å². The van der Waals surface area contributed by atoms with E-state index in [9.17, 15) is 38.0 Å². The van der Waals surface area contributed by atoms with Crippen molar-refractivity contribution in [3.63, 3.8) is 0 Å². The summed E-state index contributed by atoms with van der Waals surface area (Å²) in [6.45, 7) is 15.1. The van der Waals surface area contributed by atoms with Gasteiger partial charge in [-0.3, -0.25) is 33.6 Å². The van der Waals surface area contributed by atoms with E-state index < -0.39 is 0 Å². The minimum absolute atomic E-state index is 0.00602. The van der Waals surface area contributed by atoms with Gasteiger partial charge in [0.1, 0.15) is 28.6 Å². The molecule has 0 N–H and O–H groups in total. The van der Waals surface area contributed by atoms with Crippen LogP contribution >= 0.6 is 34.8 Å². The molecule has 11 aromatic carbocycles. The number of nitrogens with zero attached hydrogens (tertiary/aromatic N) is 12. The fourth-order valence-electron chi connectivity index (χ4n) is 23.0. The number of hydrogen-bond donors (Lipinski definition) is 0. The summed E-state index contributed by atoms with van der Waals surface area (Å²) >= 11 is 18.3. The first-order chi connectivity index (χ1) is 70.4. The van der Waals surface area contributed by atoms with E-state index in [1.807, 2.05) is 224 Å². The van der Waals surface area contributed by atoms with Crippen LogP contribution < -0.4 is 0 Å². The molecule has 0 radical (unpaired) electrons. The van der Waals surface area contributed by atoms with Gasteiger partial charge in [-0.25, -0.2) is 4.39 Å². The van der Waals surface area contributed by atoms with Crippen molar-refractivity contribution in [1.29, 1.82) is 0 Å². The van der Waals surface area contributed by atoms with E-state index in [1.165, 1.54) is 73.3 Å². The molecule has 19 nitrogen and oxygen atoms in total. The summed E-state index contributed by atoms with van der Waals surface area (Å²) in [7, 11) is 0. The van der Waals surface area contributed by atoms with Gasteiger partial charge in [0.05, 0.1) is 6.04 Å². The lowest BCUT2D eigenvalue weighted by molar-refractivity contribution is -0.138. The fourth-order valence-corrected chi connectivity index (χ4v) is 23.4. The summed E-state index contributed by atoms with van der Waals surface area (Å²) in [5.74, 6) is 1.75. The number of fused-ring (bicyclic) bond motifs is 5. The molecule has 23 rings (SSSR count). The average molecular weight is 1980 g/mol. The largest absolute Gasteiger partial charge is 0.342 e. The zero-order valence-corrected chi connectivity index (χ0v) is 83.9. The van der Waals surface area contributed by atoms with Crippen molar-refractivity contribution in [2.75, 3.05) is 91.6 Å². The zero-order valence-electron chi connectivity index (χ0n) is 81.6. The number of likely N-dealkylation sites (tertiary alicyclic amines) is 7. The fraction of sp³-hybridized carbons (Fsp3) is 0.331. The molecule has 2 atom stereocenters. The van der Waals surface area contributed by atoms with Crippen molar-refractivity contribution >= 4 is 120 Å². The van der Waals surface area contributed by atoms with Gasteiger partial charge in [-0.05, 0) is 244 Å². The molecule has 8 aliphatic heterocycles. The van der Waals surface area contributed by atoms with Gasteiger partial charge in [-0.1, -0.05) is 247 Å². The summed E-state index contributed by atoms with van der Waals surface area (Å²) in [4.78, 5) is 111. The normalized spacial score (nSPS) is 17.7. The first kappa shape index (κ1) is 98.0. The molecule has 0 spiro atoms. The summed E-state index contributed by atoms with van der Waals surface area (Å²) in [6.07, 6.45) is 13.5. The second-order valence-corrected chi connectivity index (χ2v) is 41.6. The maximum Gasteiger partial charge on any atom is 0.270 e. The van der Waals surface area contributed by atoms with Gasteiger partial charge >= 0.3 is 0 Å². The van der Waals surface area contributed by atoms with Crippen molar-refractivity contribution in [2.24, 2.45) is 23.7 Å². The highest BCUT2D eigenvalue weighted by molar-refractivity contribution is 6.31. The first-order valence-corrected chi connectivity index (χ1v) is 52.8. The number of piperidine rings is 5. The van der Waals surface area contributed by atoms with Crippen LogP contribution in [0.1, 0.15) is 188 Å². The summed E-state index contributed by atoms with van der Waals surface area (Å²) in [5.41, 5.74) is 16.2. The number of halogens is 4. The number of rotatable bonds is 19. The Kier molecular flexibility index (Phi) is 30.8. The minimum atomic E-state index is -0.241. The molecule has 23 heteroatoms. The molecule has 0 aliphatic carbocycles. The van der Waals surface area contributed by atoms with Crippen molar-refractivity contribution in [2.45, 2.75) is 141 Å². The highest BCUT2D eigenvalue weighted by atomic mass is 35.5. The Hall–Kier alpha value is -13.4. The van der Waals surface area contributed by atoms with Crippen LogP contribution in [0.5, 0.6) is 0 Å². The van der Waals surface area contributed by atoms with E-state index in [0.29, 0.717) is 161 Å². The maximum atomic E-state index is 13.8. The molecule has 12 heterocycles. The lowest BCUT2D eigenvalue weighted by Gasteiger charge is -2.36. The molecule has 2 unspecified atom stereocenters. The number of carbonyl (C=O) groups is 7. The molecule has 15 aromatic rings. The van der Waals surface area contributed by atoms with Gasteiger partial charge in [0, 0.05) is 200 Å². The molecule has 0 saturated carbocycles. The molecule has 4 aromatic heterocycles. The Morgan fingerprint density at radius 1 is 0.285 bits per heavy atom. The monoisotopic (exact) mass is 1980 g/mol. The van der Waals surface area contributed by atoms with Crippen molar-refractivity contribution < 1.29 is 38.0 Å². The lowest BCUT2D eigenvalue weighted by Crippen LogP contribution is -2.44. The summed E-state index contributed by atoms with van der Waals surface area (Å²) in [6, 6.07) is 99.6. The summed E-state index contributed by atoms with van der Waals surface area (Å²) in [5, 5.41) is 6.31. The number of amides is 7. The molecule has 8 aliphatic rings. The van der Waals surface area contributed by atoms with Crippen molar-refractivity contribution in [1.82, 2.24) is 57.5 Å². The van der Waals surface area contributed by atoms with Crippen LogP contribution in [0.4, 0.5) is 4.39 Å².